The Morgan fingerprint density at radius 1 is 1.44 bits per heavy atom. The maximum atomic E-state index is 12.8. The average molecular weight is 428 g/mol. The molecule has 0 bridgehead atoms. The molecule has 136 valence electrons. The number of carbonyl (C=O) groups excluding carboxylic acids is 3. The van der Waals surface area contributed by atoms with Crippen molar-refractivity contribution in [2.75, 3.05) is 13.6 Å². The zero-order valence-electron chi connectivity index (χ0n) is 14.4. The van der Waals surface area contributed by atoms with E-state index in [9.17, 15) is 14.4 Å². The number of hydrogen-bond acceptors (Lipinski definition) is 4. The minimum atomic E-state index is -0.791. The lowest BCUT2D eigenvalue weighted by molar-refractivity contribution is -0.139. The summed E-state index contributed by atoms with van der Waals surface area (Å²) in [5.74, 6) is 0.0848. The summed E-state index contributed by atoms with van der Waals surface area (Å²) in [6.45, 7) is 2.42. The van der Waals surface area contributed by atoms with Gasteiger partial charge in [0.15, 0.2) is 0 Å². The summed E-state index contributed by atoms with van der Waals surface area (Å²) in [7, 11) is 1.69. The van der Waals surface area contributed by atoms with Crippen LogP contribution in [0.5, 0.6) is 0 Å². The van der Waals surface area contributed by atoms with Gasteiger partial charge in [-0.15, -0.1) is 11.3 Å². The monoisotopic (exact) mass is 427 g/mol. The molecule has 0 aromatic carbocycles. The Bertz CT molecular complexity index is 697. The molecule has 0 unspecified atom stereocenters. The van der Waals surface area contributed by atoms with Crippen LogP contribution in [-0.2, 0) is 16.1 Å². The predicted molar refractivity (Wildman–Crippen MR) is 99.1 cm³/mol. The first-order chi connectivity index (χ1) is 11.8. The fraction of sp³-hybridized carbons (Fsp3) is 0.588. The van der Waals surface area contributed by atoms with Gasteiger partial charge in [-0.3, -0.25) is 14.5 Å². The molecule has 2 heterocycles. The van der Waals surface area contributed by atoms with Crippen LogP contribution in [-0.4, -0.2) is 46.8 Å². The Balaban J connectivity index is 1.62. The molecule has 1 spiro atoms. The van der Waals surface area contributed by atoms with E-state index in [1.807, 2.05) is 11.4 Å². The fourth-order valence-corrected chi connectivity index (χ4v) is 4.93. The zero-order chi connectivity index (χ0) is 18.2. The fourth-order valence-electron chi connectivity index (χ4n) is 3.43. The van der Waals surface area contributed by atoms with Crippen LogP contribution in [0, 0.1) is 5.92 Å². The molecule has 8 heteroatoms. The van der Waals surface area contributed by atoms with E-state index in [4.69, 9.17) is 0 Å². The van der Waals surface area contributed by atoms with Gasteiger partial charge in [0.1, 0.15) is 12.1 Å². The minimum absolute atomic E-state index is 0.203. The van der Waals surface area contributed by atoms with Crippen molar-refractivity contribution in [3.05, 3.63) is 20.8 Å². The van der Waals surface area contributed by atoms with Gasteiger partial charge in [-0.05, 0) is 53.6 Å². The number of likely N-dealkylation sites (N-methyl/N-ethyl adjacent to an activating group) is 1. The molecule has 1 saturated heterocycles. The van der Waals surface area contributed by atoms with Crippen LogP contribution in [0.15, 0.2) is 15.9 Å². The third-order valence-electron chi connectivity index (χ3n) is 5.11. The molecule has 1 saturated carbocycles. The molecule has 1 aliphatic carbocycles. The molecule has 1 aromatic rings. The highest BCUT2D eigenvalue weighted by Gasteiger charge is 2.52. The first-order valence-corrected chi connectivity index (χ1v) is 10.1. The number of nitrogens with one attached hydrogen (secondary N) is 1. The maximum absolute atomic E-state index is 12.8. The van der Waals surface area contributed by atoms with E-state index in [1.54, 1.807) is 23.3 Å². The van der Waals surface area contributed by atoms with Crippen LogP contribution in [0.1, 0.15) is 37.5 Å². The molecular formula is C17H22BrN3O3S. The highest BCUT2D eigenvalue weighted by Crippen LogP contribution is 2.36. The second kappa shape index (κ2) is 7.07. The second-order valence-corrected chi connectivity index (χ2v) is 8.98. The van der Waals surface area contributed by atoms with Gasteiger partial charge >= 0.3 is 6.03 Å². The Morgan fingerprint density at radius 3 is 2.72 bits per heavy atom. The quantitative estimate of drug-likeness (QED) is 0.750. The van der Waals surface area contributed by atoms with Crippen molar-refractivity contribution in [3.63, 3.8) is 0 Å². The Labute approximate surface area is 159 Å². The highest BCUT2D eigenvalue weighted by atomic mass is 79.9. The van der Waals surface area contributed by atoms with E-state index in [0.29, 0.717) is 25.3 Å². The Kier molecular flexibility index (Phi) is 5.20. The lowest BCUT2D eigenvalue weighted by atomic mass is 9.77. The van der Waals surface area contributed by atoms with Crippen LogP contribution in [0.25, 0.3) is 0 Å². The smallest absolute Gasteiger partial charge is 0.325 e. The number of thiophene rings is 1. The molecule has 1 aromatic heterocycles. The first-order valence-electron chi connectivity index (χ1n) is 8.42. The molecule has 2 fully saturated rings. The third-order valence-corrected chi connectivity index (χ3v) is 6.79. The van der Waals surface area contributed by atoms with Gasteiger partial charge in [-0.2, -0.15) is 0 Å². The molecule has 25 heavy (non-hydrogen) atoms. The lowest BCUT2D eigenvalue weighted by Crippen LogP contribution is -2.49. The number of hydrogen-bond donors (Lipinski definition) is 1. The number of amides is 4. The molecule has 1 N–H and O–H groups in total. The van der Waals surface area contributed by atoms with Gasteiger partial charge in [0, 0.05) is 21.8 Å². The molecule has 0 radical (unpaired) electrons. The van der Waals surface area contributed by atoms with Crippen LogP contribution in [0.4, 0.5) is 4.79 Å². The van der Waals surface area contributed by atoms with E-state index in [0.717, 1.165) is 27.1 Å². The molecular weight excluding hydrogens is 406 g/mol. The summed E-state index contributed by atoms with van der Waals surface area (Å²) in [4.78, 5) is 41.2. The average Bonchev–Trinajstić information content (AvgIpc) is 3.07. The van der Waals surface area contributed by atoms with Crippen molar-refractivity contribution in [1.82, 2.24) is 15.1 Å². The number of carbonyl (C=O) groups is 3. The standard InChI is InChI=1S/C17H22BrN3O3S/c1-11-3-5-17(6-4-11)15(23)21(16(24)19-17)9-14(22)20(2)8-13-7-12(18)10-25-13/h7,10-11H,3-6,8-9H2,1-2H3,(H,19,24). The van der Waals surface area contributed by atoms with Crippen molar-refractivity contribution in [2.24, 2.45) is 5.92 Å². The van der Waals surface area contributed by atoms with Gasteiger partial charge < -0.3 is 10.2 Å². The normalized spacial score (nSPS) is 26.2. The largest absolute Gasteiger partial charge is 0.339 e. The van der Waals surface area contributed by atoms with Gasteiger partial charge in [0.05, 0.1) is 6.54 Å². The molecule has 4 amide bonds. The number of halogens is 1. The molecule has 0 atom stereocenters. The van der Waals surface area contributed by atoms with Gasteiger partial charge in [-0.25, -0.2) is 4.79 Å². The summed E-state index contributed by atoms with van der Waals surface area (Å²) < 4.78 is 0.982. The maximum Gasteiger partial charge on any atom is 0.325 e. The molecule has 1 aliphatic heterocycles. The number of rotatable bonds is 4. The Hall–Kier alpha value is -1.41. The van der Waals surface area contributed by atoms with E-state index >= 15 is 0 Å². The molecule has 3 rings (SSSR count). The second-order valence-electron chi connectivity index (χ2n) is 7.07. The molecule has 2 aliphatic rings. The van der Waals surface area contributed by atoms with Crippen molar-refractivity contribution in [3.8, 4) is 0 Å². The number of nitrogens with zero attached hydrogens (tertiary/aromatic N) is 2. The third kappa shape index (κ3) is 3.74. The lowest BCUT2D eigenvalue weighted by Gasteiger charge is -2.33. The summed E-state index contributed by atoms with van der Waals surface area (Å²) in [5, 5.41) is 4.81. The highest BCUT2D eigenvalue weighted by molar-refractivity contribution is 9.10. The number of imide groups is 1. The van der Waals surface area contributed by atoms with Gasteiger partial charge in [-0.1, -0.05) is 6.92 Å². The minimum Gasteiger partial charge on any atom is -0.339 e. The zero-order valence-corrected chi connectivity index (χ0v) is 16.8. The van der Waals surface area contributed by atoms with Crippen LogP contribution >= 0.6 is 27.3 Å². The van der Waals surface area contributed by atoms with E-state index in [-0.39, 0.29) is 18.4 Å². The first kappa shape index (κ1) is 18.4. The van der Waals surface area contributed by atoms with E-state index in [1.165, 1.54) is 0 Å². The van der Waals surface area contributed by atoms with Gasteiger partial charge in [0.25, 0.3) is 5.91 Å². The van der Waals surface area contributed by atoms with Crippen LogP contribution in [0.3, 0.4) is 0 Å². The summed E-state index contributed by atoms with van der Waals surface area (Å²) >= 11 is 4.95. The van der Waals surface area contributed by atoms with Crippen molar-refractivity contribution in [1.29, 1.82) is 0 Å². The van der Waals surface area contributed by atoms with Crippen molar-refractivity contribution in [2.45, 2.75) is 44.7 Å². The summed E-state index contributed by atoms with van der Waals surface area (Å²) in [6.07, 6.45) is 3.15. The van der Waals surface area contributed by atoms with E-state index in [2.05, 4.69) is 28.2 Å². The Morgan fingerprint density at radius 2 is 2.12 bits per heavy atom. The van der Waals surface area contributed by atoms with Crippen LogP contribution in [0.2, 0.25) is 0 Å². The van der Waals surface area contributed by atoms with Crippen LogP contribution < -0.4 is 5.32 Å². The summed E-state index contributed by atoms with van der Waals surface area (Å²) in [5.41, 5.74) is -0.791. The van der Waals surface area contributed by atoms with Crippen molar-refractivity contribution >= 4 is 45.1 Å². The topological polar surface area (TPSA) is 69.7 Å². The summed E-state index contributed by atoms with van der Waals surface area (Å²) in [6, 6.07) is 1.51. The van der Waals surface area contributed by atoms with Crippen molar-refractivity contribution < 1.29 is 14.4 Å². The van der Waals surface area contributed by atoms with Gasteiger partial charge in [0.2, 0.25) is 5.91 Å². The predicted octanol–water partition coefficient (Wildman–Crippen LogP) is 2.97. The number of urea groups is 1. The van der Waals surface area contributed by atoms with E-state index < -0.39 is 11.6 Å². The SMILES string of the molecule is CC1CCC2(CC1)NC(=O)N(CC(=O)N(C)Cc1cc(Br)cs1)C2=O. The molecule has 6 nitrogen and oxygen atoms in total.